The molecule has 0 saturated carbocycles. The van der Waals surface area contributed by atoms with Crippen LogP contribution < -0.4 is 0 Å². The number of nitrogens with zero attached hydrogens (tertiary/aromatic N) is 4. The van der Waals surface area contributed by atoms with Crippen molar-refractivity contribution in [2.24, 2.45) is 10.2 Å². The van der Waals surface area contributed by atoms with Crippen LogP contribution in [0.25, 0.3) is 0 Å². The van der Waals surface area contributed by atoms with Gasteiger partial charge in [0.2, 0.25) is 0 Å². The van der Waals surface area contributed by atoms with E-state index in [-0.39, 0.29) is 5.75 Å². The van der Waals surface area contributed by atoms with Gasteiger partial charge in [-0.1, -0.05) is 0 Å². The first-order valence-corrected chi connectivity index (χ1v) is 5.38. The van der Waals surface area contributed by atoms with Crippen molar-refractivity contribution >= 4 is 11.4 Å². The topological polar surface area (TPSA) is 92.5 Å². The Morgan fingerprint density at radius 2 is 1.63 bits per heavy atom. The lowest BCUT2D eigenvalue weighted by molar-refractivity contribution is 0.475. The predicted molar refractivity (Wildman–Crippen MR) is 68.2 cm³/mol. The Kier molecular flexibility index (Phi) is 3.51. The quantitative estimate of drug-likeness (QED) is 0.823. The third kappa shape index (κ3) is 2.93. The van der Waals surface area contributed by atoms with Gasteiger partial charge in [0.25, 0.3) is 0 Å². The summed E-state index contributed by atoms with van der Waals surface area (Å²) < 4.78 is 0. The molecule has 0 aliphatic carbocycles. The summed E-state index contributed by atoms with van der Waals surface area (Å²) in [7, 11) is 0. The van der Waals surface area contributed by atoms with E-state index in [0.717, 1.165) is 0 Å². The maximum Gasteiger partial charge on any atom is 0.115 e. The van der Waals surface area contributed by atoms with E-state index >= 15 is 0 Å². The van der Waals surface area contributed by atoms with Gasteiger partial charge >= 0.3 is 0 Å². The normalized spacial score (nSPS) is 10.0. The smallest absolute Gasteiger partial charge is 0.115 e. The van der Waals surface area contributed by atoms with E-state index in [1.807, 2.05) is 12.1 Å². The molecule has 0 aliphatic heterocycles. The highest BCUT2D eigenvalue weighted by molar-refractivity contribution is 5.56. The van der Waals surface area contributed by atoms with E-state index in [2.05, 4.69) is 10.2 Å². The monoisotopic (exact) mass is 248 g/mol. The standard InChI is InChI=1S/C14H8N4O/c15-8-10-1-6-14(11(7-10)9-16)18-17-12-2-4-13(19)5-3-12/h1-7,19H. The highest BCUT2D eigenvalue weighted by Gasteiger charge is 2.02. The fourth-order valence-electron chi connectivity index (χ4n) is 1.41. The molecular formula is C14H8N4O. The SMILES string of the molecule is N#Cc1ccc(N=Nc2ccc(O)cc2)c(C#N)c1. The van der Waals surface area contributed by atoms with Crippen LogP contribution in [0.2, 0.25) is 0 Å². The molecule has 2 aromatic carbocycles. The number of nitriles is 2. The van der Waals surface area contributed by atoms with Gasteiger partial charge in [-0.15, -0.1) is 5.11 Å². The average molecular weight is 248 g/mol. The molecule has 0 fully saturated rings. The van der Waals surface area contributed by atoms with E-state index in [9.17, 15) is 0 Å². The fourth-order valence-corrected chi connectivity index (χ4v) is 1.41. The first kappa shape index (κ1) is 12.3. The van der Waals surface area contributed by atoms with Crippen LogP contribution in [0.4, 0.5) is 11.4 Å². The van der Waals surface area contributed by atoms with Crippen molar-refractivity contribution in [2.75, 3.05) is 0 Å². The summed E-state index contributed by atoms with van der Waals surface area (Å²) in [6, 6.07) is 14.7. The van der Waals surface area contributed by atoms with Crippen LogP contribution in [0.3, 0.4) is 0 Å². The van der Waals surface area contributed by atoms with Crippen LogP contribution in [0, 0.1) is 22.7 Å². The van der Waals surface area contributed by atoms with Gasteiger partial charge in [0.05, 0.1) is 22.9 Å². The molecule has 0 amide bonds. The average Bonchev–Trinajstić information content (AvgIpc) is 2.46. The van der Waals surface area contributed by atoms with Gasteiger partial charge in [0.1, 0.15) is 17.5 Å². The van der Waals surface area contributed by atoms with Crippen LogP contribution in [-0.2, 0) is 0 Å². The Hall–Kier alpha value is -3.18. The van der Waals surface area contributed by atoms with E-state index in [4.69, 9.17) is 15.6 Å². The number of benzene rings is 2. The molecule has 2 aromatic rings. The minimum Gasteiger partial charge on any atom is -0.508 e. The zero-order chi connectivity index (χ0) is 13.7. The minimum atomic E-state index is 0.148. The van der Waals surface area contributed by atoms with E-state index < -0.39 is 0 Å². The molecule has 0 atom stereocenters. The van der Waals surface area contributed by atoms with Crippen LogP contribution in [-0.4, -0.2) is 5.11 Å². The lowest BCUT2D eigenvalue weighted by Gasteiger charge is -1.97. The second kappa shape index (κ2) is 5.44. The van der Waals surface area contributed by atoms with Crippen molar-refractivity contribution in [2.45, 2.75) is 0 Å². The predicted octanol–water partition coefficient (Wildman–Crippen LogP) is 3.55. The first-order valence-electron chi connectivity index (χ1n) is 5.38. The third-order valence-corrected chi connectivity index (χ3v) is 2.37. The van der Waals surface area contributed by atoms with Gasteiger partial charge in [-0.2, -0.15) is 15.6 Å². The van der Waals surface area contributed by atoms with Crippen LogP contribution in [0.15, 0.2) is 52.7 Å². The molecule has 5 heteroatoms. The molecule has 0 unspecified atom stereocenters. The summed E-state index contributed by atoms with van der Waals surface area (Å²) in [5, 5.41) is 34.8. The molecule has 19 heavy (non-hydrogen) atoms. The Labute approximate surface area is 109 Å². The molecule has 0 spiro atoms. The van der Waals surface area contributed by atoms with E-state index in [0.29, 0.717) is 22.5 Å². The van der Waals surface area contributed by atoms with Crippen LogP contribution >= 0.6 is 0 Å². The number of azo groups is 1. The van der Waals surface area contributed by atoms with Crippen molar-refractivity contribution in [1.29, 1.82) is 10.5 Å². The maximum atomic E-state index is 9.14. The largest absolute Gasteiger partial charge is 0.508 e. The van der Waals surface area contributed by atoms with Crippen LogP contribution in [0.1, 0.15) is 11.1 Å². The number of phenolic OH excluding ortho intramolecular Hbond substituents is 1. The van der Waals surface area contributed by atoms with Crippen LogP contribution in [0.5, 0.6) is 5.75 Å². The lowest BCUT2D eigenvalue weighted by atomic mass is 10.1. The number of hydrogen-bond acceptors (Lipinski definition) is 5. The Bertz CT molecular complexity index is 706. The fraction of sp³-hybridized carbons (Fsp3) is 0. The molecule has 0 aromatic heterocycles. The number of phenols is 1. The van der Waals surface area contributed by atoms with Crippen molar-refractivity contribution in [3.63, 3.8) is 0 Å². The summed E-state index contributed by atoms with van der Waals surface area (Å²) in [6.45, 7) is 0. The summed E-state index contributed by atoms with van der Waals surface area (Å²) in [5.74, 6) is 0.148. The highest BCUT2D eigenvalue weighted by atomic mass is 16.3. The van der Waals surface area contributed by atoms with Crippen molar-refractivity contribution in [3.05, 3.63) is 53.6 Å². The molecule has 0 saturated heterocycles. The Morgan fingerprint density at radius 1 is 0.895 bits per heavy atom. The summed E-state index contributed by atoms with van der Waals surface area (Å²) >= 11 is 0. The molecule has 2 rings (SSSR count). The van der Waals surface area contributed by atoms with Crippen molar-refractivity contribution < 1.29 is 5.11 Å². The van der Waals surface area contributed by atoms with Gasteiger partial charge in [0, 0.05) is 0 Å². The molecule has 0 aliphatic rings. The second-order valence-corrected chi connectivity index (χ2v) is 3.67. The molecule has 5 nitrogen and oxygen atoms in total. The van der Waals surface area contributed by atoms with Crippen molar-refractivity contribution in [3.8, 4) is 17.9 Å². The van der Waals surface area contributed by atoms with Gasteiger partial charge in [0.15, 0.2) is 0 Å². The first-order chi connectivity index (χ1) is 9.22. The number of aromatic hydroxyl groups is 1. The van der Waals surface area contributed by atoms with Gasteiger partial charge < -0.3 is 5.11 Å². The Balaban J connectivity index is 2.31. The van der Waals surface area contributed by atoms with Gasteiger partial charge in [-0.05, 0) is 42.5 Å². The molecule has 0 bridgehead atoms. The zero-order valence-corrected chi connectivity index (χ0v) is 9.78. The third-order valence-electron chi connectivity index (χ3n) is 2.37. The zero-order valence-electron chi connectivity index (χ0n) is 9.78. The molecule has 90 valence electrons. The summed E-state index contributed by atoms with van der Waals surface area (Å²) in [5.41, 5.74) is 1.65. The van der Waals surface area contributed by atoms with Gasteiger partial charge in [-0.25, -0.2) is 0 Å². The summed E-state index contributed by atoms with van der Waals surface area (Å²) in [6.07, 6.45) is 0. The minimum absolute atomic E-state index is 0.148. The van der Waals surface area contributed by atoms with E-state index in [1.165, 1.54) is 18.2 Å². The van der Waals surface area contributed by atoms with Crippen molar-refractivity contribution in [1.82, 2.24) is 0 Å². The van der Waals surface area contributed by atoms with Gasteiger partial charge in [-0.3, -0.25) is 0 Å². The number of hydrogen-bond donors (Lipinski definition) is 1. The summed E-state index contributed by atoms with van der Waals surface area (Å²) in [4.78, 5) is 0. The highest BCUT2D eigenvalue weighted by Crippen LogP contribution is 2.23. The molecule has 0 heterocycles. The molecule has 1 N–H and O–H groups in total. The van der Waals surface area contributed by atoms with E-state index in [1.54, 1.807) is 24.3 Å². The lowest BCUT2D eigenvalue weighted by Crippen LogP contribution is -1.79. The Morgan fingerprint density at radius 3 is 2.26 bits per heavy atom. The number of rotatable bonds is 2. The second-order valence-electron chi connectivity index (χ2n) is 3.67. The molecular weight excluding hydrogens is 240 g/mol. The molecule has 0 radical (unpaired) electrons. The maximum absolute atomic E-state index is 9.14.